The van der Waals surface area contributed by atoms with Gasteiger partial charge in [-0.25, -0.2) is 0 Å². The van der Waals surface area contributed by atoms with Gasteiger partial charge in [0.1, 0.15) is 0 Å². The number of fused-ring (bicyclic) bond motifs is 6. The van der Waals surface area contributed by atoms with Crippen LogP contribution >= 0.6 is 34.8 Å². The standard InChI is InChI=1S/C66H56ClN3O.C42H36N2.C24H21Cl2NO/c1-65(2,3)48-34-37-52(38-35-48)70(64-58-31-18-16-29-56(58)62(45-21-10-7-11-22-45)57-30-17-19-32-59(57)64)54-28-20-27-53(42-54)68(50-23-12-8-13-24-50)60-40-49(66(4,5)6)41-61(63(60)67)69(51-25-14-9-15-26-51)55-36-33-46-43-71-44-47(46)39-55;1-42(2,3)31-25-27-34(28-26-31)44(35-20-14-19-33(29-35)43-32-17-8-5-9-18-32)41-38-23-12-10-21-36(38)40(30-15-6-4-7-16-30)37-22-11-13-24-39(37)41;1-24(2,3)18-12-21(25)23(26)22(13-18)27(19-7-5-4-6-8-19)20-10-9-16-14-28-15-17(16)11-20/h7-44H,1-6H3;4-29,43H,1-3H3;4-15H,1-3H3. The molecule has 0 radical (unpaired) electrons. The molecule has 143 heavy (non-hydrogen) atoms. The molecule has 0 aliphatic rings. The number of hydrogen-bond acceptors (Lipinski definition) is 8. The highest BCUT2D eigenvalue weighted by atomic mass is 35.5. The Morgan fingerprint density at radius 3 is 0.832 bits per heavy atom. The van der Waals surface area contributed by atoms with E-state index < -0.39 is 0 Å². The van der Waals surface area contributed by atoms with Crippen LogP contribution in [0.3, 0.4) is 0 Å². The second-order valence-electron chi connectivity index (χ2n) is 40.7. The van der Waals surface area contributed by atoms with E-state index in [2.05, 4.69) is 513 Å². The third kappa shape index (κ3) is 19.7. The second-order valence-corrected chi connectivity index (χ2v) is 41.9. The van der Waals surface area contributed by atoms with Gasteiger partial charge in [-0.2, -0.15) is 0 Å². The average Bonchev–Trinajstić information content (AvgIpc) is 1.28. The number of halogens is 3. The smallest absolute Gasteiger partial charge is 0.0982 e. The number of para-hydroxylation sites is 4. The molecule has 0 atom stereocenters. The molecule has 22 rings (SSSR count). The van der Waals surface area contributed by atoms with Gasteiger partial charge in [0, 0.05) is 111 Å². The van der Waals surface area contributed by atoms with Crippen LogP contribution in [0, 0.1) is 0 Å². The molecule has 8 nitrogen and oxygen atoms in total. The van der Waals surface area contributed by atoms with Crippen LogP contribution in [0.1, 0.15) is 105 Å². The quantitative estimate of drug-likeness (QED) is 0.0804. The summed E-state index contributed by atoms with van der Waals surface area (Å²) in [6, 6.07) is 156. The predicted octanol–water partition coefficient (Wildman–Crippen LogP) is 40.7. The first-order valence-corrected chi connectivity index (χ1v) is 50.0. The second kappa shape index (κ2) is 40.1. The molecular formula is C132H113Cl3N6O2. The van der Waals surface area contributed by atoms with Crippen LogP contribution in [-0.4, -0.2) is 0 Å². The Labute approximate surface area is 854 Å². The van der Waals surface area contributed by atoms with Crippen molar-refractivity contribution >= 4 is 196 Å². The van der Waals surface area contributed by atoms with E-state index in [0.29, 0.717) is 15.1 Å². The molecule has 0 bridgehead atoms. The first-order valence-electron chi connectivity index (χ1n) is 48.9. The van der Waals surface area contributed by atoms with Crippen LogP contribution in [0.25, 0.3) is 86.9 Å². The van der Waals surface area contributed by atoms with Crippen molar-refractivity contribution < 1.29 is 8.83 Å². The summed E-state index contributed by atoms with van der Waals surface area (Å²) in [5, 5.41) is 19.1. The van der Waals surface area contributed by atoms with E-state index in [4.69, 9.17) is 43.6 Å². The fraction of sp³-hybridized carbons (Fsp3) is 0.121. The van der Waals surface area contributed by atoms with Crippen molar-refractivity contribution in [2.45, 2.75) is 105 Å². The molecule has 2 aromatic heterocycles. The molecule has 0 saturated carbocycles. The van der Waals surface area contributed by atoms with Crippen molar-refractivity contribution in [1.29, 1.82) is 0 Å². The maximum Gasteiger partial charge on any atom is 0.0982 e. The van der Waals surface area contributed by atoms with Crippen molar-refractivity contribution in [2.75, 3.05) is 29.8 Å². The maximum absolute atomic E-state index is 8.05. The molecule has 11 heteroatoms. The van der Waals surface area contributed by atoms with Crippen LogP contribution in [0.5, 0.6) is 0 Å². The van der Waals surface area contributed by atoms with Gasteiger partial charge < -0.3 is 38.7 Å². The van der Waals surface area contributed by atoms with Gasteiger partial charge in [-0.15, -0.1) is 0 Å². The SMILES string of the molecule is CC(C)(C)c1cc(Cl)c(Cl)c(N(c2ccccc2)c2ccc3cocc3c2)c1.CC(C)(C)c1ccc(N(c2cccc(N(c3ccccc3)c3cc(C(C)(C)C)cc(N(c4ccccc4)c4ccc5cocc5c4)c3Cl)c2)c2c3ccccc3c(-c3ccccc3)c3ccccc23)cc1.CC(C)(C)c1ccc(N(c2cccc(Nc3ccccc3)c2)c2c3ccccc3c(-c3ccccc3)c3ccccc23)cc1. The van der Waals surface area contributed by atoms with E-state index in [1.807, 2.05) is 36.4 Å². The van der Waals surface area contributed by atoms with Gasteiger partial charge in [-0.1, -0.05) is 385 Å². The van der Waals surface area contributed by atoms with E-state index in [9.17, 15) is 0 Å². The van der Waals surface area contributed by atoms with Crippen molar-refractivity contribution in [2.24, 2.45) is 0 Å². The van der Waals surface area contributed by atoms with E-state index in [1.54, 1.807) is 25.1 Å². The lowest BCUT2D eigenvalue weighted by Crippen LogP contribution is -2.19. The number of furan rings is 2. The molecule has 20 aromatic carbocycles. The van der Waals surface area contributed by atoms with Crippen molar-refractivity contribution in [3.8, 4) is 22.3 Å². The monoisotopic (exact) mass is 1920 g/mol. The van der Waals surface area contributed by atoms with Gasteiger partial charge in [-0.3, -0.25) is 0 Å². The Kier molecular flexibility index (Phi) is 26.5. The van der Waals surface area contributed by atoms with Crippen LogP contribution in [0.4, 0.5) is 96.7 Å². The summed E-state index contributed by atoms with van der Waals surface area (Å²) < 4.78 is 11.0. The third-order valence-electron chi connectivity index (χ3n) is 26.9. The highest BCUT2D eigenvalue weighted by Crippen LogP contribution is 2.56. The number of anilines is 17. The predicted molar refractivity (Wildman–Crippen MR) is 613 cm³/mol. The number of hydrogen-bond donors (Lipinski definition) is 1. The highest BCUT2D eigenvalue weighted by Gasteiger charge is 2.32. The van der Waals surface area contributed by atoms with Gasteiger partial charge in [0.05, 0.1) is 68.6 Å². The van der Waals surface area contributed by atoms with Crippen LogP contribution in [0.2, 0.25) is 15.1 Å². The molecule has 0 aliphatic carbocycles. The Hall–Kier alpha value is -15.8. The van der Waals surface area contributed by atoms with Crippen LogP contribution in [0.15, 0.2) is 471 Å². The van der Waals surface area contributed by atoms with E-state index in [-0.39, 0.29) is 21.7 Å². The lowest BCUT2D eigenvalue weighted by atomic mass is 9.86. The minimum absolute atomic E-state index is 0.0159. The molecule has 0 spiro atoms. The summed E-state index contributed by atoms with van der Waals surface area (Å²) >= 11 is 21.3. The first-order chi connectivity index (χ1) is 69.2. The van der Waals surface area contributed by atoms with Crippen molar-refractivity contribution in [1.82, 2.24) is 0 Å². The summed E-state index contributed by atoms with van der Waals surface area (Å²) in [4.78, 5) is 11.6. The minimum atomic E-state index is -0.237. The molecule has 704 valence electrons. The lowest BCUT2D eigenvalue weighted by Gasteiger charge is -2.34. The highest BCUT2D eigenvalue weighted by molar-refractivity contribution is 6.44. The fourth-order valence-electron chi connectivity index (χ4n) is 19.5. The molecule has 2 heterocycles. The van der Waals surface area contributed by atoms with Crippen molar-refractivity contribution in [3.05, 3.63) is 499 Å². The molecule has 22 aromatic rings. The summed E-state index contributed by atoms with van der Waals surface area (Å²) in [6.45, 7) is 26.9. The topological polar surface area (TPSA) is 54.5 Å². The molecule has 0 aliphatic heterocycles. The summed E-state index contributed by atoms with van der Waals surface area (Å²) in [5.74, 6) is 0. The molecule has 1 N–H and O–H groups in total. The van der Waals surface area contributed by atoms with E-state index >= 15 is 0 Å². The fourth-order valence-corrected chi connectivity index (χ4v) is 20.1. The van der Waals surface area contributed by atoms with Gasteiger partial charge in [0.25, 0.3) is 0 Å². The molecule has 0 saturated heterocycles. The summed E-state index contributed by atoms with van der Waals surface area (Å²) in [6.07, 6.45) is 7.09. The van der Waals surface area contributed by atoms with Gasteiger partial charge in [0.15, 0.2) is 0 Å². The molecular weight excluding hydrogens is 1810 g/mol. The van der Waals surface area contributed by atoms with E-state index in [0.717, 1.165) is 134 Å². The Morgan fingerprint density at radius 1 is 0.203 bits per heavy atom. The molecule has 0 unspecified atom stereocenters. The lowest BCUT2D eigenvalue weighted by molar-refractivity contribution is 0.572. The number of benzene rings is 20. The van der Waals surface area contributed by atoms with Gasteiger partial charge in [-0.05, 0) is 258 Å². The molecule has 0 fully saturated rings. The van der Waals surface area contributed by atoms with Gasteiger partial charge >= 0.3 is 0 Å². The number of nitrogens with one attached hydrogen (secondary N) is 1. The molecule has 0 amide bonds. The van der Waals surface area contributed by atoms with Gasteiger partial charge in [0.2, 0.25) is 0 Å². The Balaban J connectivity index is 0.000000147. The maximum atomic E-state index is 8.05. The number of nitrogens with zero attached hydrogens (tertiary/aromatic N) is 5. The van der Waals surface area contributed by atoms with Crippen LogP contribution < -0.4 is 29.8 Å². The Bertz CT molecular complexity index is 8200. The van der Waals surface area contributed by atoms with E-state index in [1.165, 1.54) is 71.4 Å². The zero-order chi connectivity index (χ0) is 98.8. The van der Waals surface area contributed by atoms with Crippen LogP contribution in [-0.2, 0) is 21.7 Å². The normalized spacial score (nSPS) is 11.7. The summed E-state index contributed by atoms with van der Waals surface area (Å²) in [7, 11) is 0. The average molecular weight is 1920 g/mol. The Morgan fingerprint density at radius 2 is 0.469 bits per heavy atom. The third-order valence-corrected chi connectivity index (χ3v) is 28.0. The number of rotatable bonds is 19. The zero-order valence-corrected chi connectivity index (χ0v) is 84.8. The summed E-state index contributed by atoms with van der Waals surface area (Å²) in [5.41, 5.74) is 26.7. The van der Waals surface area contributed by atoms with Crippen molar-refractivity contribution in [3.63, 3.8) is 0 Å². The first kappa shape index (κ1) is 94.8. The largest absolute Gasteiger partial charge is 0.471 e. The zero-order valence-electron chi connectivity index (χ0n) is 82.6. The minimum Gasteiger partial charge on any atom is -0.471 e.